The predicted molar refractivity (Wildman–Crippen MR) is 84.8 cm³/mol. The molecular formula is C18H36. The van der Waals surface area contributed by atoms with Gasteiger partial charge in [-0.3, -0.25) is 0 Å². The maximum Gasteiger partial charge on any atom is -0.0233 e. The van der Waals surface area contributed by atoms with E-state index >= 15 is 0 Å². The van der Waals surface area contributed by atoms with Gasteiger partial charge in [0.25, 0.3) is 0 Å². The molecule has 2 fully saturated rings. The van der Waals surface area contributed by atoms with E-state index in [1.54, 1.807) is 0 Å². The molecule has 0 atom stereocenters. The lowest BCUT2D eigenvalue weighted by molar-refractivity contribution is 0.160. The van der Waals surface area contributed by atoms with E-state index in [0.29, 0.717) is 0 Å². The summed E-state index contributed by atoms with van der Waals surface area (Å²) in [6.45, 7) is 4.59. The van der Waals surface area contributed by atoms with Crippen LogP contribution < -0.4 is 0 Å². The first-order chi connectivity index (χ1) is 7.79. The minimum Gasteiger partial charge on any atom is -0.0914 e. The molecule has 0 aromatic carbocycles. The number of allylic oxidation sites excluding steroid dienone is 2. The van der Waals surface area contributed by atoms with E-state index in [2.05, 4.69) is 26.0 Å². The second kappa shape index (κ2) is 8.77. The minimum absolute atomic E-state index is 0. The van der Waals surface area contributed by atoms with Crippen molar-refractivity contribution < 1.29 is 0 Å². The lowest BCUT2D eigenvalue weighted by Gasteiger charge is -2.36. The van der Waals surface area contributed by atoms with Gasteiger partial charge in [0.15, 0.2) is 0 Å². The molecule has 2 aliphatic rings. The molecule has 0 aromatic heterocycles. The molecule has 0 radical (unpaired) electrons. The summed E-state index contributed by atoms with van der Waals surface area (Å²) in [5, 5.41) is 0. The van der Waals surface area contributed by atoms with Gasteiger partial charge in [-0.15, -0.1) is 0 Å². The summed E-state index contributed by atoms with van der Waals surface area (Å²) in [6.07, 6.45) is 16.7. The molecule has 0 aromatic rings. The fraction of sp³-hybridized carbons (Fsp3) is 0.889. The van der Waals surface area contributed by atoms with Gasteiger partial charge in [0, 0.05) is 0 Å². The van der Waals surface area contributed by atoms with Gasteiger partial charge in [0.1, 0.15) is 0 Å². The molecule has 2 aliphatic carbocycles. The Balaban J connectivity index is 0.00000144. The van der Waals surface area contributed by atoms with E-state index in [-0.39, 0.29) is 14.9 Å². The van der Waals surface area contributed by atoms with Crippen molar-refractivity contribution in [3.63, 3.8) is 0 Å². The Kier molecular flexibility index (Phi) is 8.65. The van der Waals surface area contributed by atoms with Crippen LogP contribution in [0.5, 0.6) is 0 Å². The van der Waals surface area contributed by atoms with Gasteiger partial charge in [-0.25, -0.2) is 0 Å². The van der Waals surface area contributed by atoms with Crippen LogP contribution in [0.1, 0.15) is 80.1 Å². The quantitative estimate of drug-likeness (QED) is 0.494. The van der Waals surface area contributed by atoms with E-state index in [1.165, 1.54) is 51.4 Å². The van der Waals surface area contributed by atoms with E-state index in [9.17, 15) is 0 Å². The Labute approximate surface area is 116 Å². The van der Waals surface area contributed by atoms with Crippen LogP contribution in [0.3, 0.4) is 0 Å². The highest BCUT2D eigenvalue weighted by Gasteiger charge is 2.28. The molecular weight excluding hydrogens is 216 g/mol. The molecule has 0 aliphatic heterocycles. The van der Waals surface area contributed by atoms with E-state index < -0.39 is 0 Å². The minimum atomic E-state index is 0. The van der Waals surface area contributed by atoms with Crippen molar-refractivity contribution in [1.29, 1.82) is 0 Å². The van der Waals surface area contributed by atoms with Crippen molar-refractivity contribution in [1.82, 2.24) is 0 Å². The van der Waals surface area contributed by atoms with Crippen LogP contribution in [0.25, 0.3) is 0 Å². The number of hydrogen-bond donors (Lipinski definition) is 0. The maximum absolute atomic E-state index is 2.43. The van der Waals surface area contributed by atoms with Crippen LogP contribution in [-0.2, 0) is 0 Å². The fourth-order valence-electron chi connectivity index (χ4n) is 3.84. The first-order valence-electron chi connectivity index (χ1n) is 7.42. The molecule has 0 N–H and O–H groups in total. The van der Waals surface area contributed by atoms with Crippen molar-refractivity contribution >= 4 is 0 Å². The molecule has 0 heterocycles. The first kappa shape index (κ1) is 17.7. The number of rotatable bonds is 2. The van der Waals surface area contributed by atoms with E-state index in [4.69, 9.17) is 0 Å². The third kappa shape index (κ3) is 4.78. The third-order valence-corrected chi connectivity index (χ3v) is 5.01. The predicted octanol–water partition coefficient (Wildman–Crippen LogP) is 6.47. The van der Waals surface area contributed by atoms with Crippen LogP contribution in [0.2, 0.25) is 0 Å². The highest BCUT2D eigenvalue weighted by Crippen LogP contribution is 2.41. The SMILES string of the molecule is C.C.C/C=C/C1CCC(C2CCC(C)CC2)CC1. The first-order valence-corrected chi connectivity index (χ1v) is 7.42. The standard InChI is InChI=1S/C16H28.2CH4/c1-3-4-14-7-11-16(12-8-14)15-9-5-13(2)6-10-15;;/h3-4,13-16H,5-12H2,1-2H3;2*1H4/b4-3+;;. The van der Waals surface area contributed by atoms with E-state index in [0.717, 1.165) is 23.7 Å². The smallest absolute Gasteiger partial charge is 0.0233 e. The summed E-state index contributed by atoms with van der Waals surface area (Å²) in [4.78, 5) is 0. The molecule has 2 saturated carbocycles. The van der Waals surface area contributed by atoms with Gasteiger partial charge < -0.3 is 0 Å². The normalized spacial score (nSPS) is 36.8. The van der Waals surface area contributed by atoms with Crippen LogP contribution in [0, 0.1) is 23.7 Å². The third-order valence-electron chi connectivity index (χ3n) is 5.01. The zero-order valence-electron chi connectivity index (χ0n) is 11.1. The second-order valence-corrected chi connectivity index (χ2v) is 6.22. The van der Waals surface area contributed by atoms with Crippen LogP contribution >= 0.6 is 0 Å². The van der Waals surface area contributed by atoms with Gasteiger partial charge in [-0.1, -0.05) is 46.8 Å². The maximum atomic E-state index is 2.43. The monoisotopic (exact) mass is 252 g/mol. The number of hydrogen-bond acceptors (Lipinski definition) is 0. The van der Waals surface area contributed by atoms with Crippen molar-refractivity contribution in [2.24, 2.45) is 23.7 Å². The molecule has 108 valence electrons. The van der Waals surface area contributed by atoms with Crippen LogP contribution in [0.15, 0.2) is 12.2 Å². The largest absolute Gasteiger partial charge is 0.0914 e. The average Bonchev–Trinajstić information content (AvgIpc) is 2.32. The Bertz CT molecular complexity index is 212. The molecule has 0 amide bonds. The van der Waals surface area contributed by atoms with Crippen molar-refractivity contribution in [3.05, 3.63) is 12.2 Å². The van der Waals surface area contributed by atoms with Crippen molar-refractivity contribution in [3.8, 4) is 0 Å². The van der Waals surface area contributed by atoms with E-state index in [1.807, 2.05) is 0 Å². The van der Waals surface area contributed by atoms with Gasteiger partial charge in [0.05, 0.1) is 0 Å². The molecule has 2 rings (SSSR count). The molecule has 0 nitrogen and oxygen atoms in total. The lowest BCUT2D eigenvalue weighted by Crippen LogP contribution is -2.24. The summed E-state index contributed by atoms with van der Waals surface area (Å²) in [5.74, 6) is 4.08. The molecule has 0 spiro atoms. The van der Waals surface area contributed by atoms with Crippen LogP contribution in [-0.4, -0.2) is 0 Å². The summed E-state index contributed by atoms with van der Waals surface area (Å²) in [7, 11) is 0. The summed E-state index contributed by atoms with van der Waals surface area (Å²) in [5.41, 5.74) is 0. The van der Waals surface area contributed by atoms with Gasteiger partial charge in [-0.2, -0.15) is 0 Å². The Morgan fingerprint density at radius 3 is 1.61 bits per heavy atom. The Morgan fingerprint density at radius 1 is 0.722 bits per heavy atom. The van der Waals surface area contributed by atoms with Gasteiger partial charge in [0.2, 0.25) is 0 Å². The lowest BCUT2D eigenvalue weighted by atomic mass is 9.69. The summed E-state index contributed by atoms with van der Waals surface area (Å²) in [6, 6.07) is 0. The zero-order valence-corrected chi connectivity index (χ0v) is 11.1. The highest BCUT2D eigenvalue weighted by atomic mass is 14.3. The highest BCUT2D eigenvalue weighted by molar-refractivity contribution is 4.90. The topological polar surface area (TPSA) is 0 Å². The molecule has 0 heteroatoms. The zero-order chi connectivity index (χ0) is 11.4. The van der Waals surface area contributed by atoms with Crippen molar-refractivity contribution in [2.75, 3.05) is 0 Å². The Hall–Kier alpha value is -0.260. The van der Waals surface area contributed by atoms with Crippen LogP contribution in [0.4, 0.5) is 0 Å². The van der Waals surface area contributed by atoms with Gasteiger partial charge in [-0.05, 0) is 69.1 Å². The summed E-state index contributed by atoms with van der Waals surface area (Å²) >= 11 is 0. The average molecular weight is 252 g/mol. The Morgan fingerprint density at radius 2 is 1.17 bits per heavy atom. The summed E-state index contributed by atoms with van der Waals surface area (Å²) < 4.78 is 0. The molecule has 18 heavy (non-hydrogen) atoms. The molecule has 0 unspecified atom stereocenters. The fourth-order valence-corrected chi connectivity index (χ4v) is 3.84. The second-order valence-electron chi connectivity index (χ2n) is 6.22. The molecule has 0 saturated heterocycles. The van der Waals surface area contributed by atoms with Crippen molar-refractivity contribution in [2.45, 2.75) is 80.1 Å². The van der Waals surface area contributed by atoms with Gasteiger partial charge >= 0.3 is 0 Å². The molecule has 0 bridgehead atoms.